The van der Waals surface area contributed by atoms with Gasteiger partial charge in [-0.05, 0) is 127 Å². The van der Waals surface area contributed by atoms with Gasteiger partial charge >= 0.3 is 41.9 Å². The summed E-state index contributed by atoms with van der Waals surface area (Å²) in [5, 5.41) is 8.43. The van der Waals surface area contributed by atoms with Crippen LogP contribution < -0.4 is 34.8 Å². The van der Waals surface area contributed by atoms with Gasteiger partial charge in [-0.15, -0.1) is 0 Å². The summed E-state index contributed by atoms with van der Waals surface area (Å²) in [5.41, 5.74) is 1.64. The van der Waals surface area contributed by atoms with Gasteiger partial charge < -0.3 is 29.1 Å². The van der Waals surface area contributed by atoms with E-state index in [-0.39, 0.29) is 36.0 Å². The van der Waals surface area contributed by atoms with Crippen molar-refractivity contribution in [1.82, 2.24) is 0 Å². The molecular weight excluding hydrogens is 771 g/mol. The molecule has 0 unspecified atom stereocenters. The van der Waals surface area contributed by atoms with Crippen LogP contribution in [0.15, 0.2) is 57.5 Å². The molecule has 9 nitrogen and oxygen atoms in total. The largest absolute Gasteiger partial charge is 1.00 e. The number of hydrogen-bond donors (Lipinski definition) is 0. The first-order valence-electron chi connectivity index (χ1n) is 16.6. The van der Waals surface area contributed by atoms with Crippen LogP contribution in [-0.2, 0) is 28.6 Å². The van der Waals surface area contributed by atoms with Crippen LogP contribution >= 0.6 is 31.9 Å². The van der Waals surface area contributed by atoms with Crippen LogP contribution in [0.4, 0.5) is 9.59 Å². The first-order chi connectivity index (χ1) is 22.6. The molecule has 2 aliphatic carbocycles. The van der Waals surface area contributed by atoms with E-state index in [1.807, 2.05) is 0 Å². The van der Waals surface area contributed by atoms with Gasteiger partial charge in [0, 0.05) is 22.2 Å². The number of carbonyl (C=O) groups is 3. The van der Waals surface area contributed by atoms with Crippen molar-refractivity contribution in [2.75, 3.05) is 13.2 Å². The van der Waals surface area contributed by atoms with Gasteiger partial charge in [0.1, 0.15) is 11.2 Å². The Bertz CT molecular complexity index is 1110. The topological polar surface area (TPSA) is 120 Å². The Morgan fingerprint density at radius 2 is 1.06 bits per heavy atom. The van der Waals surface area contributed by atoms with E-state index in [0.29, 0.717) is 0 Å². The Kier molecular flexibility index (Phi) is 25.5. The SMILES string of the molecule is Brc1cccc(C2CCCC2)c1.Brc1cccc(C2CCCC2)c1.C1CCOC1.CC(C)(C)OC(=O)OC(=O)OC(C)(C)C.O=CO[O-].[Na+]. The summed E-state index contributed by atoms with van der Waals surface area (Å²) in [6.07, 6.45) is 11.6. The number of hydrogen-bond acceptors (Lipinski definition) is 9. The van der Waals surface area contributed by atoms with Crippen molar-refractivity contribution in [2.45, 2.75) is 129 Å². The molecule has 2 aromatic carbocycles. The van der Waals surface area contributed by atoms with Crippen molar-refractivity contribution in [3.8, 4) is 0 Å². The summed E-state index contributed by atoms with van der Waals surface area (Å²) in [5.74, 6) is 1.67. The summed E-state index contributed by atoms with van der Waals surface area (Å²) in [7, 11) is 0. The normalized spacial score (nSPS) is 15.5. The van der Waals surface area contributed by atoms with E-state index in [9.17, 15) is 9.59 Å². The van der Waals surface area contributed by atoms with E-state index >= 15 is 0 Å². The van der Waals surface area contributed by atoms with Crippen molar-refractivity contribution >= 4 is 50.6 Å². The van der Waals surface area contributed by atoms with Gasteiger partial charge in [-0.1, -0.05) is 81.8 Å². The van der Waals surface area contributed by atoms with Crippen LogP contribution in [-0.4, -0.2) is 43.2 Å². The third-order valence-electron chi connectivity index (χ3n) is 7.16. The van der Waals surface area contributed by atoms with E-state index < -0.39 is 23.5 Å². The van der Waals surface area contributed by atoms with E-state index in [1.165, 1.54) is 84.3 Å². The smallest absolute Gasteiger partial charge is 0.662 e. The molecule has 5 rings (SSSR count). The second-order valence-electron chi connectivity index (χ2n) is 13.6. The number of halogens is 2. The average molecular weight is 825 g/mol. The quantitative estimate of drug-likeness (QED) is 0.0784. The molecule has 0 N–H and O–H groups in total. The molecule has 3 fully saturated rings. The third-order valence-corrected chi connectivity index (χ3v) is 8.15. The minimum absolute atomic E-state index is 0. The van der Waals surface area contributed by atoms with Crippen molar-refractivity contribution in [3.05, 3.63) is 68.6 Å². The summed E-state index contributed by atoms with van der Waals surface area (Å²) in [6.45, 7) is 11.8. The first kappa shape index (κ1) is 47.5. The van der Waals surface area contributed by atoms with Crippen molar-refractivity contribution in [3.63, 3.8) is 0 Å². The molecule has 1 saturated heterocycles. The molecular formula is C37H53Br2NaO9. The van der Waals surface area contributed by atoms with Gasteiger partial charge in [0.05, 0.1) is 0 Å². The molecule has 0 spiro atoms. The third kappa shape index (κ3) is 25.2. The molecule has 0 radical (unpaired) electrons. The van der Waals surface area contributed by atoms with Crippen molar-refractivity contribution in [1.29, 1.82) is 0 Å². The Hall–Kier alpha value is -1.47. The molecule has 0 atom stereocenters. The van der Waals surface area contributed by atoms with Crippen LogP contribution in [0.5, 0.6) is 0 Å². The maximum absolute atomic E-state index is 11.0. The molecule has 270 valence electrons. The van der Waals surface area contributed by atoms with E-state index in [4.69, 9.17) is 24.3 Å². The monoisotopic (exact) mass is 822 g/mol. The van der Waals surface area contributed by atoms with E-state index in [2.05, 4.69) is 90.0 Å². The van der Waals surface area contributed by atoms with Crippen LogP contribution in [0.25, 0.3) is 0 Å². The van der Waals surface area contributed by atoms with Gasteiger partial charge in [0.15, 0.2) is 0 Å². The predicted molar refractivity (Wildman–Crippen MR) is 191 cm³/mol. The van der Waals surface area contributed by atoms with E-state index in [1.54, 1.807) is 41.5 Å². The van der Waals surface area contributed by atoms with Crippen LogP contribution in [0, 0.1) is 0 Å². The fourth-order valence-electron chi connectivity index (χ4n) is 5.16. The standard InChI is InChI=1S/2C11H13Br.C10H18O5.C4H8O.CH2O3.Na/c2*12-11-7-3-6-10(8-11)9-4-1-2-5-9;1-9(2,3)14-7(11)13-8(12)15-10(4,5)6;1-2-4-5-3-1;2-1-4-3;/h2*3,6-9H,1-2,4-5H2;1-6H3;1-4H2;1,3H;/q;;;;;+1/p-1. The predicted octanol–water partition coefficient (Wildman–Crippen LogP) is 7.32. The van der Waals surface area contributed by atoms with E-state index in [0.717, 1.165) is 25.0 Å². The molecule has 12 heteroatoms. The Balaban J connectivity index is 0.000000621. The van der Waals surface area contributed by atoms with Gasteiger partial charge in [-0.3, -0.25) is 4.79 Å². The molecule has 3 aliphatic rings. The first-order valence-corrected chi connectivity index (χ1v) is 18.2. The minimum Gasteiger partial charge on any atom is -0.662 e. The summed E-state index contributed by atoms with van der Waals surface area (Å²) < 4.78 is 21.2. The van der Waals surface area contributed by atoms with Gasteiger partial charge in [0.2, 0.25) is 0 Å². The second-order valence-corrected chi connectivity index (χ2v) is 15.4. The molecule has 0 bridgehead atoms. The zero-order valence-electron chi connectivity index (χ0n) is 30.3. The zero-order chi connectivity index (χ0) is 36.0. The van der Waals surface area contributed by atoms with Gasteiger partial charge in [0.25, 0.3) is 6.47 Å². The Morgan fingerprint density at radius 1 is 0.714 bits per heavy atom. The second kappa shape index (κ2) is 26.3. The summed E-state index contributed by atoms with van der Waals surface area (Å²) in [4.78, 5) is 33.3. The van der Waals surface area contributed by atoms with Gasteiger partial charge in [-0.25, -0.2) is 9.59 Å². The molecule has 0 amide bonds. The Morgan fingerprint density at radius 3 is 1.31 bits per heavy atom. The van der Waals surface area contributed by atoms with Crippen LogP contribution in [0.2, 0.25) is 0 Å². The van der Waals surface area contributed by atoms with Crippen LogP contribution in [0.1, 0.15) is 129 Å². The number of rotatable bonds is 3. The number of carbonyl (C=O) groups excluding carboxylic acids is 3. The number of ether oxygens (including phenoxy) is 4. The molecule has 1 heterocycles. The van der Waals surface area contributed by atoms with Crippen molar-refractivity contribution < 1.29 is 73.0 Å². The number of benzene rings is 2. The summed E-state index contributed by atoms with van der Waals surface area (Å²) in [6, 6.07) is 17.5. The molecule has 2 saturated carbocycles. The average Bonchev–Trinajstić information content (AvgIpc) is 3.82. The molecule has 0 aromatic heterocycles. The molecule has 2 aromatic rings. The Labute approximate surface area is 332 Å². The fourth-order valence-corrected chi connectivity index (χ4v) is 5.99. The molecule has 49 heavy (non-hydrogen) atoms. The zero-order valence-corrected chi connectivity index (χ0v) is 35.4. The maximum Gasteiger partial charge on any atom is 1.00 e. The maximum atomic E-state index is 11.0. The minimum atomic E-state index is -1.06. The molecule has 1 aliphatic heterocycles. The summed E-state index contributed by atoms with van der Waals surface area (Å²) >= 11 is 7.02. The van der Waals surface area contributed by atoms with Crippen molar-refractivity contribution in [2.24, 2.45) is 0 Å². The van der Waals surface area contributed by atoms with Crippen LogP contribution in [0.3, 0.4) is 0 Å². The van der Waals surface area contributed by atoms with Gasteiger partial charge in [-0.2, -0.15) is 0 Å². The fraction of sp³-hybridized carbons (Fsp3) is 0.595.